The van der Waals surface area contributed by atoms with Gasteiger partial charge in [0.25, 0.3) is 0 Å². The van der Waals surface area contributed by atoms with E-state index in [4.69, 9.17) is 0 Å². The summed E-state index contributed by atoms with van der Waals surface area (Å²) in [6.45, 7) is 5.65. The maximum absolute atomic E-state index is 9.29. The number of nitrogens with zero attached hydrogens (tertiary/aromatic N) is 3. The second-order valence-electron chi connectivity index (χ2n) is 5.20. The van der Waals surface area contributed by atoms with Crippen LogP contribution in [-0.2, 0) is 0 Å². The number of fused-ring (bicyclic) bond motifs is 1. The Balaban J connectivity index is 2.18. The van der Waals surface area contributed by atoms with Gasteiger partial charge in [-0.05, 0) is 19.4 Å². The smallest absolute Gasteiger partial charge is 0.141 e. The molecule has 0 spiro atoms. The van der Waals surface area contributed by atoms with E-state index in [0.717, 1.165) is 28.1 Å². The predicted octanol–water partition coefficient (Wildman–Crippen LogP) is 3.49. The summed E-state index contributed by atoms with van der Waals surface area (Å²) in [4.78, 5) is 12.0. The first-order valence-corrected chi connectivity index (χ1v) is 8.27. The van der Waals surface area contributed by atoms with Crippen LogP contribution in [0, 0.1) is 6.92 Å². The zero-order valence-electron chi connectivity index (χ0n) is 12.8. The molecule has 2 aromatic heterocycles. The lowest BCUT2D eigenvalue weighted by Crippen LogP contribution is -2.27. The van der Waals surface area contributed by atoms with E-state index in [1.165, 1.54) is 11.1 Å². The van der Waals surface area contributed by atoms with Gasteiger partial charge in [0.05, 0.1) is 12.0 Å². The largest absolute Gasteiger partial charge is 0.395 e. The van der Waals surface area contributed by atoms with Gasteiger partial charge >= 0.3 is 0 Å². The average molecular weight is 313 g/mol. The molecule has 0 amide bonds. The third-order valence-corrected chi connectivity index (χ3v) is 4.65. The van der Waals surface area contributed by atoms with Gasteiger partial charge in [-0.1, -0.05) is 29.8 Å². The SMILES string of the molecule is CCN(CCO)c1ncnc2scc(-c3ccc(C)cc3)c12. The highest BCUT2D eigenvalue weighted by atomic mass is 32.1. The van der Waals surface area contributed by atoms with E-state index in [-0.39, 0.29) is 6.61 Å². The van der Waals surface area contributed by atoms with Gasteiger partial charge < -0.3 is 10.0 Å². The van der Waals surface area contributed by atoms with E-state index < -0.39 is 0 Å². The van der Waals surface area contributed by atoms with Crippen molar-refractivity contribution in [2.75, 3.05) is 24.6 Å². The molecule has 0 radical (unpaired) electrons. The molecular formula is C17H19N3OS. The molecule has 5 heteroatoms. The Morgan fingerprint density at radius 1 is 1.18 bits per heavy atom. The van der Waals surface area contributed by atoms with Crippen LogP contribution < -0.4 is 4.90 Å². The second-order valence-corrected chi connectivity index (χ2v) is 6.05. The van der Waals surface area contributed by atoms with Crippen molar-refractivity contribution in [2.45, 2.75) is 13.8 Å². The fraction of sp³-hybridized carbons (Fsp3) is 0.294. The minimum atomic E-state index is 0.114. The standard InChI is InChI=1S/C17H19N3OS/c1-3-20(8-9-21)16-15-14(10-22-17(15)19-11-18-16)13-6-4-12(2)5-7-13/h4-7,10-11,21H,3,8-9H2,1-2H3. The van der Waals surface area contributed by atoms with Crippen molar-refractivity contribution in [3.8, 4) is 11.1 Å². The first-order chi connectivity index (χ1) is 10.7. The third-order valence-electron chi connectivity index (χ3n) is 3.76. The third kappa shape index (κ3) is 2.69. The van der Waals surface area contributed by atoms with Gasteiger partial charge in [0.2, 0.25) is 0 Å². The molecule has 0 saturated heterocycles. The number of thiophene rings is 1. The number of hydrogen-bond acceptors (Lipinski definition) is 5. The Kier molecular flexibility index (Phi) is 4.36. The van der Waals surface area contributed by atoms with Crippen molar-refractivity contribution >= 4 is 27.4 Å². The molecule has 0 saturated carbocycles. The summed E-state index contributed by atoms with van der Waals surface area (Å²) < 4.78 is 0. The summed E-state index contributed by atoms with van der Waals surface area (Å²) in [5, 5.41) is 12.5. The van der Waals surface area contributed by atoms with Gasteiger partial charge in [-0.25, -0.2) is 9.97 Å². The number of benzene rings is 1. The van der Waals surface area contributed by atoms with E-state index >= 15 is 0 Å². The molecule has 1 N–H and O–H groups in total. The first kappa shape index (κ1) is 14.9. The highest BCUT2D eigenvalue weighted by molar-refractivity contribution is 7.17. The van der Waals surface area contributed by atoms with Crippen LogP contribution in [0.3, 0.4) is 0 Å². The number of likely N-dealkylation sites (N-methyl/N-ethyl adjacent to an activating group) is 1. The van der Waals surface area contributed by atoms with Crippen LogP contribution in [0.4, 0.5) is 5.82 Å². The number of aromatic nitrogens is 2. The minimum Gasteiger partial charge on any atom is -0.395 e. The maximum atomic E-state index is 9.29. The highest BCUT2D eigenvalue weighted by Gasteiger charge is 2.16. The zero-order valence-corrected chi connectivity index (χ0v) is 13.6. The lowest BCUT2D eigenvalue weighted by molar-refractivity contribution is 0.302. The molecule has 1 aromatic carbocycles. The topological polar surface area (TPSA) is 49.2 Å². The second kappa shape index (κ2) is 6.42. The summed E-state index contributed by atoms with van der Waals surface area (Å²) in [6.07, 6.45) is 1.60. The summed E-state index contributed by atoms with van der Waals surface area (Å²) in [5.41, 5.74) is 3.58. The number of anilines is 1. The maximum Gasteiger partial charge on any atom is 0.141 e. The molecular weight excluding hydrogens is 294 g/mol. The number of rotatable bonds is 5. The van der Waals surface area contributed by atoms with Crippen LogP contribution in [0.25, 0.3) is 21.3 Å². The summed E-state index contributed by atoms with van der Waals surface area (Å²) in [5.74, 6) is 0.901. The Morgan fingerprint density at radius 3 is 2.64 bits per heavy atom. The quantitative estimate of drug-likeness (QED) is 0.783. The van der Waals surface area contributed by atoms with Crippen molar-refractivity contribution in [3.05, 3.63) is 41.5 Å². The fourth-order valence-corrected chi connectivity index (χ4v) is 3.49. The summed E-state index contributed by atoms with van der Waals surface area (Å²) in [7, 11) is 0. The number of aryl methyl sites for hydroxylation is 1. The van der Waals surface area contributed by atoms with Crippen LogP contribution in [-0.4, -0.2) is 34.8 Å². The van der Waals surface area contributed by atoms with E-state index in [9.17, 15) is 5.11 Å². The molecule has 0 fully saturated rings. The number of hydrogen-bond donors (Lipinski definition) is 1. The molecule has 3 rings (SSSR count). The van der Waals surface area contributed by atoms with E-state index in [1.807, 2.05) is 0 Å². The lowest BCUT2D eigenvalue weighted by atomic mass is 10.0. The van der Waals surface area contributed by atoms with E-state index in [1.54, 1.807) is 17.7 Å². The Hall–Kier alpha value is -1.98. The summed E-state index contributed by atoms with van der Waals surface area (Å²) in [6, 6.07) is 8.51. The van der Waals surface area contributed by atoms with E-state index in [0.29, 0.717) is 6.54 Å². The fourth-order valence-electron chi connectivity index (χ4n) is 2.58. The molecule has 0 aliphatic rings. The monoisotopic (exact) mass is 313 g/mol. The van der Waals surface area contributed by atoms with Crippen molar-refractivity contribution in [2.24, 2.45) is 0 Å². The van der Waals surface area contributed by atoms with Gasteiger partial charge in [-0.15, -0.1) is 11.3 Å². The average Bonchev–Trinajstić information content (AvgIpc) is 2.97. The Morgan fingerprint density at radius 2 is 1.95 bits per heavy atom. The molecule has 0 unspecified atom stereocenters. The molecule has 3 aromatic rings. The van der Waals surface area contributed by atoms with Crippen molar-refractivity contribution in [1.29, 1.82) is 0 Å². The normalized spacial score (nSPS) is 11.0. The van der Waals surface area contributed by atoms with E-state index in [2.05, 4.69) is 58.4 Å². The van der Waals surface area contributed by atoms with Crippen LogP contribution in [0.2, 0.25) is 0 Å². The van der Waals surface area contributed by atoms with Gasteiger partial charge in [-0.3, -0.25) is 0 Å². The van der Waals surface area contributed by atoms with Crippen LogP contribution in [0.15, 0.2) is 36.0 Å². The van der Waals surface area contributed by atoms with Crippen molar-refractivity contribution in [1.82, 2.24) is 9.97 Å². The Bertz CT molecular complexity index is 767. The molecule has 0 bridgehead atoms. The highest BCUT2D eigenvalue weighted by Crippen LogP contribution is 2.37. The van der Waals surface area contributed by atoms with Crippen molar-refractivity contribution < 1.29 is 5.11 Å². The van der Waals surface area contributed by atoms with Gasteiger partial charge in [0.15, 0.2) is 0 Å². The Labute approximate surface area is 134 Å². The predicted molar refractivity (Wildman–Crippen MR) is 92.6 cm³/mol. The molecule has 0 aliphatic carbocycles. The van der Waals surface area contributed by atoms with Crippen LogP contribution >= 0.6 is 11.3 Å². The first-order valence-electron chi connectivity index (χ1n) is 7.39. The molecule has 0 aliphatic heterocycles. The van der Waals surface area contributed by atoms with Gasteiger partial charge in [0.1, 0.15) is 17.0 Å². The van der Waals surface area contributed by atoms with Crippen LogP contribution in [0.5, 0.6) is 0 Å². The molecule has 0 atom stereocenters. The summed E-state index contributed by atoms with van der Waals surface area (Å²) >= 11 is 1.63. The molecule has 4 nitrogen and oxygen atoms in total. The van der Waals surface area contributed by atoms with Crippen molar-refractivity contribution in [3.63, 3.8) is 0 Å². The zero-order chi connectivity index (χ0) is 15.5. The van der Waals surface area contributed by atoms with Crippen LogP contribution in [0.1, 0.15) is 12.5 Å². The molecule has 2 heterocycles. The number of aliphatic hydroxyl groups is 1. The lowest BCUT2D eigenvalue weighted by Gasteiger charge is -2.21. The van der Waals surface area contributed by atoms with Gasteiger partial charge in [-0.2, -0.15) is 0 Å². The molecule has 114 valence electrons. The molecule has 22 heavy (non-hydrogen) atoms. The number of aliphatic hydroxyl groups excluding tert-OH is 1. The van der Waals surface area contributed by atoms with Gasteiger partial charge in [0, 0.05) is 24.0 Å². The minimum absolute atomic E-state index is 0.114.